The fourth-order valence-corrected chi connectivity index (χ4v) is 3.86. The highest BCUT2D eigenvalue weighted by molar-refractivity contribution is 9.10. The van der Waals surface area contributed by atoms with Crippen LogP contribution in [0, 0.1) is 12.8 Å². The van der Waals surface area contributed by atoms with Crippen molar-refractivity contribution in [3.63, 3.8) is 0 Å². The Kier molecular flexibility index (Phi) is 5.78. The van der Waals surface area contributed by atoms with Gasteiger partial charge in [0.1, 0.15) is 5.01 Å². The summed E-state index contributed by atoms with van der Waals surface area (Å²) in [6.45, 7) is 6.09. The molecule has 3 aromatic rings. The second-order valence-electron chi connectivity index (χ2n) is 6.39. The Morgan fingerprint density at radius 3 is 2.73 bits per heavy atom. The Morgan fingerprint density at radius 2 is 2.04 bits per heavy atom. The number of aromatic nitrogens is 3. The zero-order chi connectivity index (χ0) is 18.7. The van der Waals surface area contributed by atoms with Crippen molar-refractivity contribution >= 4 is 38.3 Å². The number of anilines is 1. The first-order chi connectivity index (χ1) is 12.4. The lowest BCUT2D eigenvalue weighted by Gasteiger charge is -2.08. The van der Waals surface area contributed by atoms with Gasteiger partial charge in [0.2, 0.25) is 5.13 Å². The van der Waals surface area contributed by atoms with Crippen LogP contribution in [-0.2, 0) is 6.42 Å². The van der Waals surface area contributed by atoms with Gasteiger partial charge in [-0.15, -0.1) is 10.2 Å². The Bertz CT molecular complexity index is 939. The summed E-state index contributed by atoms with van der Waals surface area (Å²) >= 11 is 4.88. The van der Waals surface area contributed by atoms with Crippen molar-refractivity contribution in [3.8, 4) is 11.3 Å². The zero-order valence-electron chi connectivity index (χ0n) is 14.8. The van der Waals surface area contributed by atoms with Crippen LogP contribution in [0.2, 0.25) is 0 Å². The van der Waals surface area contributed by atoms with E-state index < -0.39 is 0 Å². The molecule has 0 saturated heterocycles. The SMILES string of the molecule is Cc1nc(-c2cccc(Br)c2)ccc1C(=O)Nc1nnc(CC(C)C)s1. The average Bonchev–Trinajstić information content (AvgIpc) is 3.00. The van der Waals surface area contributed by atoms with Crippen LogP contribution >= 0.6 is 27.3 Å². The molecule has 2 heterocycles. The van der Waals surface area contributed by atoms with Crippen LogP contribution in [0.4, 0.5) is 5.13 Å². The molecule has 0 fully saturated rings. The fourth-order valence-electron chi connectivity index (χ4n) is 2.51. The van der Waals surface area contributed by atoms with Crippen molar-refractivity contribution in [3.05, 3.63) is 57.1 Å². The molecule has 1 aromatic carbocycles. The number of aryl methyl sites for hydroxylation is 1. The van der Waals surface area contributed by atoms with E-state index in [0.717, 1.165) is 27.2 Å². The Morgan fingerprint density at radius 1 is 1.23 bits per heavy atom. The van der Waals surface area contributed by atoms with Gasteiger partial charge >= 0.3 is 0 Å². The summed E-state index contributed by atoms with van der Waals surface area (Å²) in [6, 6.07) is 11.6. The summed E-state index contributed by atoms with van der Waals surface area (Å²) in [7, 11) is 0. The standard InChI is InChI=1S/C19H19BrN4OS/c1-11(2)9-17-23-24-19(26-17)22-18(25)15-7-8-16(21-12(15)3)13-5-4-6-14(20)10-13/h4-8,10-11H,9H2,1-3H3,(H,22,24,25). The normalized spacial score (nSPS) is 11.0. The van der Waals surface area contributed by atoms with Gasteiger partial charge < -0.3 is 0 Å². The van der Waals surface area contributed by atoms with Gasteiger partial charge in [0.05, 0.1) is 17.0 Å². The number of hydrogen-bond acceptors (Lipinski definition) is 5. The molecule has 0 aliphatic heterocycles. The number of carbonyl (C=O) groups is 1. The van der Waals surface area contributed by atoms with E-state index in [1.165, 1.54) is 11.3 Å². The highest BCUT2D eigenvalue weighted by Gasteiger charge is 2.14. The van der Waals surface area contributed by atoms with E-state index in [-0.39, 0.29) is 5.91 Å². The second-order valence-corrected chi connectivity index (χ2v) is 8.37. The molecular weight excluding hydrogens is 412 g/mol. The van der Waals surface area contributed by atoms with Crippen LogP contribution in [0.5, 0.6) is 0 Å². The molecule has 2 aromatic heterocycles. The first kappa shape index (κ1) is 18.7. The van der Waals surface area contributed by atoms with Crippen molar-refractivity contribution in [1.82, 2.24) is 15.2 Å². The molecule has 1 N–H and O–H groups in total. The number of pyridine rings is 1. The summed E-state index contributed by atoms with van der Waals surface area (Å²) in [5.41, 5.74) is 3.03. The largest absolute Gasteiger partial charge is 0.296 e. The van der Waals surface area contributed by atoms with Gasteiger partial charge in [0.15, 0.2) is 0 Å². The Hall–Kier alpha value is -2.12. The lowest BCUT2D eigenvalue weighted by Crippen LogP contribution is -2.14. The molecule has 134 valence electrons. The maximum absolute atomic E-state index is 12.5. The summed E-state index contributed by atoms with van der Waals surface area (Å²) in [6.07, 6.45) is 0.857. The van der Waals surface area contributed by atoms with Gasteiger partial charge in [-0.25, -0.2) is 0 Å². The number of amides is 1. The smallest absolute Gasteiger partial charge is 0.259 e. The molecule has 0 aliphatic rings. The number of benzene rings is 1. The number of nitrogens with one attached hydrogen (secondary N) is 1. The number of carbonyl (C=O) groups excluding carboxylic acids is 1. The van der Waals surface area contributed by atoms with Gasteiger partial charge in [-0.2, -0.15) is 0 Å². The molecule has 0 unspecified atom stereocenters. The van der Waals surface area contributed by atoms with Crippen molar-refractivity contribution in [2.24, 2.45) is 5.92 Å². The molecule has 7 heteroatoms. The van der Waals surface area contributed by atoms with Crippen LogP contribution in [-0.4, -0.2) is 21.1 Å². The molecule has 3 rings (SSSR count). The van der Waals surface area contributed by atoms with Crippen LogP contribution in [0.25, 0.3) is 11.3 Å². The zero-order valence-corrected chi connectivity index (χ0v) is 17.2. The van der Waals surface area contributed by atoms with E-state index in [1.54, 1.807) is 6.07 Å². The summed E-state index contributed by atoms with van der Waals surface area (Å²) < 4.78 is 0.991. The van der Waals surface area contributed by atoms with Crippen LogP contribution in [0.1, 0.15) is 34.9 Å². The lowest BCUT2D eigenvalue weighted by atomic mass is 10.1. The highest BCUT2D eigenvalue weighted by Crippen LogP contribution is 2.23. The minimum atomic E-state index is -0.219. The maximum atomic E-state index is 12.5. The third-order valence-corrected chi connectivity index (χ3v) is 5.08. The fraction of sp³-hybridized carbons (Fsp3) is 0.263. The van der Waals surface area contributed by atoms with Crippen molar-refractivity contribution in [1.29, 1.82) is 0 Å². The number of rotatable bonds is 5. The highest BCUT2D eigenvalue weighted by atomic mass is 79.9. The van der Waals surface area contributed by atoms with E-state index in [0.29, 0.717) is 22.3 Å². The van der Waals surface area contributed by atoms with Gasteiger partial charge in [-0.3, -0.25) is 15.1 Å². The van der Waals surface area contributed by atoms with E-state index in [2.05, 4.69) is 50.3 Å². The second kappa shape index (κ2) is 8.05. The molecule has 5 nitrogen and oxygen atoms in total. The molecule has 0 atom stereocenters. The monoisotopic (exact) mass is 430 g/mol. The summed E-state index contributed by atoms with van der Waals surface area (Å²) in [4.78, 5) is 17.1. The van der Waals surface area contributed by atoms with E-state index >= 15 is 0 Å². The molecule has 0 bridgehead atoms. The van der Waals surface area contributed by atoms with Crippen molar-refractivity contribution in [2.45, 2.75) is 27.2 Å². The average molecular weight is 431 g/mol. The van der Waals surface area contributed by atoms with E-state index in [9.17, 15) is 4.79 Å². The maximum Gasteiger partial charge on any atom is 0.259 e. The topological polar surface area (TPSA) is 67.8 Å². The van der Waals surface area contributed by atoms with Crippen LogP contribution < -0.4 is 5.32 Å². The third kappa shape index (κ3) is 4.53. The summed E-state index contributed by atoms with van der Waals surface area (Å²) in [5, 5.41) is 12.4. The predicted octanol–water partition coefficient (Wildman–Crippen LogP) is 5.12. The molecule has 26 heavy (non-hydrogen) atoms. The summed E-state index contributed by atoms with van der Waals surface area (Å²) in [5.74, 6) is 0.284. The third-order valence-electron chi connectivity index (χ3n) is 3.72. The Balaban J connectivity index is 1.76. The lowest BCUT2D eigenvalue weighted by molar-refractivity contribution is 0.102. The number of hydrogen-bond donors (Lipinski definition) is 1. The number of halogens is 1. The molecule has 1 amide bonds. The molecule has 0 radical (unpaired) electrons. The molecular formula is C19H19BrN4OS. The van der Waals surface area contributed by atoms with E-state index in [1.807, 2.05) is 37.3 Å². The molecule has 0 saturated carbocycles. The molecule has 0 spiro atoms. The van der Waals surface area contributed by atoms with E-state index in [4.69, 9.17) is 0 Å². The van der Waals surface area contributed by atoms with Gasteiger partial charge in [-0.05, 0) is 37.1 Å². The predicted molar refractivity (Wildman–Crippen MR) is 109 cm³/mol. The van der Waals surface area contributed by atoms with Gasteiger partial charge in [0, 0.05) is 16.5 Å². The number of nitrogens with zero attached hydrogens (tertiary/aromatic N) is 3. The quantitative estimate of drug-likeness (QED) is 0.609. The van der Waals surface area contributed by atoms with Crippen molar-refractivity contribution in [2.75, 3.05) is 5.32 Å². The van der Waals surface area contributed by atoms with Gasteiger partial charge in [0.25, 0.3) is 5.91 Å². The van der Waals surface area contributed by atoms with Crippen molar-refractivity contribution < 1.29 is 4.79 Å². The van der Waals surface area contributed by atoms with Crippen LogP contribution in [0.15, 0.2) is 40.9 Å². The first-order valence-corrected chi connectivity index (χ1v) is 9.90. The van der Waals surface area contributed by atoms with Gasteiger partial charge in [-0.1, -0.05) is 53.2 Å². The molecule has 0 aliphatic carbocycles. The minimum Gasteiger partial charge on any atom is -0.296 e. The Labute approximate surface area is 165 Å². The van der Waals surface area contributed by atoms with Crippen LogP contribution in [0.3, 0.4) is 0 Å². The first-order valence-electron chi connectivity index (χ1n) is 8.29. The minimum absolute atomic E-state index is 0.219.